The quantitative estimate of drug-likeness (QED) is 0.440. The molecule has 0 aliphatic carbocycles. The van der Waals surface area contributed by atoms with Gasteiger partial charge >= 0.3 is 0 Å². The van der Waals surface area contributed by atoms with E-state index in [0.29, 0.717) is 25.4 Å². The molecule has 1 aromatic carbocycles. The van der Waals surface area contributed by atoms with Crippen molar-refractivity contribution in [2.75, 3.05) is 60.1 Å². The zero-order chi connectivity index (χ0) is 22.6. The zero-order valence-corrected chi connectivity index (χ0v) is 20.2. The molecule has 2 saturated heterocycles. The highest BCUT2D eigenvalue weighted by Crippen LogP contribution is 2.20. The third-order valence-electron chi connectivity index (χ3n) is 6.04. The first-order chi connectivity index (χ1) is 15.7. The lowest BCUT2D eigenvalue weighted by Crippen LogP contribution is -2.47. The Morgan fingerprint density at radius 2 is 2.00 bits per heavy atom. The normalized spacial score (nSPS) is 20.6. The van der Waals surface area contributed by atoms with Crippen LogP contribution in [0.3, 0.4) is 0 Å². The minimum Gasteiger partial charge on any atom is -0.492 e. The van der Waals surface area contributed by atoms with Crippen LogP contribution in [-0.2, 0) is 16.0 Å². The number of aliphatic imine (C=N–C) groups is 1. The molecule has 0 radical (unpaired) electrons. The number of ether oxygens (including phenoxy) is 3. The van der Waals surface area contributed by atoms with Crippen molar-refractivity contribution in [1.29, 1.82) is 0 Å². The largest absolute Gasteiger partial charge is 0.492 e. The molecule has 7 heteroatoms. The maximum Gasteiger partial charge on any atom is 0.194 e. The summed E-state index contributed by atoms with van der Waals surface area (Å²) in [6.07, 6.45) is 6.26. The number of piperidine rings is 1. The van der Waals surface area contributed by atoms with Gasteiger partial charge in [0.15, 0.2) is 5.96 Å². The Morgan fingerprint density at radius 3 is 2.72 bits per heavy atom. The number of hydrogen-bond donors (Lipinski definition) is 1. The van der Waals surface area contributed by atoms with Gasteiger partial charge in [0.25, 0.3) is 0 Å². The molecule has 1 N–H and O–H groups in total. The SMILES string of the molecule is CCNC(=NCc1ccccc1OCCN(C)C)N1CCC(OCC2CCCCO2)CC1. The van der Waals surface area contributed by atoms with Gasteiger partial charge in [-0.1, -0.05) is 18.2 Å². The maximum atomic E-state index is 6.18. The van der Waals surface area contributed by atoms with E-state index < -0.39 is 0 Å². The number of guanidine groups is 1. The van der Waals surface area contributed by atoms with Crippen molar-refractivity contribution >= 4 is 5.96 Å². The predicted octanol–water partition coefficient (Wildman–Crippen LogP) is 3.14. The van der Waals surface area contributed by atoms with Crippen LogP contribution < -0.4 is 10.1 Å². The van der Waals surface area contributed by atoms with Crippen molar-refractivity contribution in [2.24, 2.45) is 4.99 Å². The average molecular weight is 447 g/mol. The lowest BCUT2D eigenvalue weighted by atomic mass is 10.1. The van der Waals surface area contributed by atoms with Crippen LogP contribution >= 0.6 is 0 Å². The van der Waals surface area contributed by atoms with Gasteiger partial charge in [0.05, 0.1) is 25.4 Å². The van der Waals surface area contributed by atoms with E-state index in [-0.39, 0.29) is 0 Å². The van der Waals surface area contributed by atoms with Crippen LogP contribution in [0.2, 0.25) is 0 Å². The Morgan fingerprint density at radius 1 is 1.19 bits per heavy atom. The van der Waals surface area contributed by atoms with Gasteiger partial charge in [0, 0.05) is 38.3 Å². The molecule has 1 unspecified atom stereocenters. The molecule has 2 aliphatic rings. The zero-order valence-electron chi connectivity index (χ0n) is 20.2. The average Bonchev–Trinajstić information content (AvgIpc) is 2.82. The van der Waals surface area contributed by atoms with Crippen molar-refractivity contribution in [3.8, 4) is 5.75 Å². The lowest BCUT2D eigenvalue weighted by molar-refractivity contribution is -0.0721. The van der Waals surface area contributed by atoms with Gasteiger partial charge in [-0.15, -0.1) is 0 Å². The van der Waals surface area contributed by atoms with Gasteiger partial charge in [-0.3, -0.25) is 0 Å². The van der Waals surface area contributed by atoms with Crippen molar-refractivity contribution in [3.63, 3.8) is 0 Å². The maximum absolute atomic E-state index is 6.18. The van der Waals surface area contributed by atoms with Gasteiger partial charge in [0.2, 0.25) is 0 Å². The monoisotopic (exact) mass is 446 g/mol. The first-order valence-electron chi connectivity index (χ1n) is 12.3. The number of likely N-dealkylation sites (tertiary alicyclic amines) is 1. The number of nitrogens with zero attached hydrogens (tertiary/aromatic N) is 3. The van der Waals surface area contributed by atoms with Crippen LogP contribution in [-0.4, -0.2) is 88.1 Å². The summed E-state index contributed by atoms with van der Waals surface area (Å²) in [6.45, 7) is 8.70. The fourth-order valence-corrected chi connectivity index (χ4v) is 4.12. The fourth-order valence-electron chi connectivity index (χ4n) is 4.12. The van der Waals surface area contributed by atoms with E-state index in [0.717, 1.165) is 75.9 Å². The molecule has 7 nitrogen and oxygen atoms in total. The second kappa shape index (κ2) is 13.7. The smallest absolute Gasteiger partial charge is 0.194 e. The van der Waals surface area contributed by atoms with Crippen LogP contribution in [0.1, 0.15) is 44.6 Å². The molecular formula is C25H42N4O3. The Labute approximate surface area is 194 Å². The summed E-state index contributed by atoms with van der Waals surface area (Å²) in [6, 6.07) is 8.21. The van der Waals surface area contributed by atoms with Crippen molar-refractivity contribution in [3.05, 3.63) is 29.8 Å². The molecule has 0 saturated carbocycles. The van der Waals surface area contributed by atoms with Crippen LogP contribution in [0, 0.1) is 0 Å². The third kappa shape index (κ3) is 8.26. The molecule has 1 aromatic rings. The molecule has 0 aromatic heterocycles. The van der Waals surface area contributed by atoms with E-state index in [2.05, 4.69) is 48.3 Å². The second-order valence-electron chi connectivity index (χ2n) is 8.94. The summed E-state index contributed by atoms with van der Waals surface area (Å²) in [5.74, 6) is 1.90. The summed E-state index contributed by atoms with van der Waals surface area (Å²) in [5, 5.41) is 3.47. The second-order valence-corrected chi connectivity index (χ2v) is 8.94. The fraction of sp³-hybridized carbons (Fsp3) is 0.720. The van der Waals surface area contributed by atoms with E-state index in [1.807, 2.05) is 12.1 Å². The number of rotatable bonds is 10. The molecule has 2 fully saturated rings. The van der Waals surface area contributed by atoms with Gasteiger partial charge in [0.1, 0.15) is 12.4 Å². The van der Waals surface area contributed by atoms with Crippen molar-refractivity contribution in [2.45, 2.75) is 57.8 Å². The summed E-state index contributed by atoms with van der Waals surface area (Å²) in [4.78, 5) is 9.42. The van der Waals surface area contributed by atoms with E-state index in [9.17, 15) is 0 Å². The Balaban J connectivity index is 1.50. The van der Waals surface area contributed by atoms with Crippen LogP contribution in [0.5, 0.6) is 5.75 Å². The molecule has 2 aliphatic heterocycles. The van der Waals surface area contributed by atoms with E-state index >= 15 is 0 Å². The molecule has 0 spiro atoms. The predicted molar refractivity (Wildman–Crippen MR) is 129 cm³/mol. The summed E-state index contributed by atoms with van der Waals surface area (Å²) in [5.41, 5.74) is 1.12. The first-order valence-corrected chi connectivity index (χ1v) is 12.3. The molecule has 3 rings (SSSR count). The topological polar surface area (TPSA) is 58.6 Å². The Kier molecular flexibility index (Phi) is 10.6. The summed E-state index contributed by atoms with van der Waals surface area (Å²) >= 11 is 0. The van der Waals surface area contributed by atoms with Crippen molar-refractivity contribution in [1.82, 2.24) is 15.1 Å². The third-order valence-corrected chi connectivity index (χ3v) is 6.04. The summed E-state index contributed by atoms with van der Waals surface area (Å²) < 4.78 is 18.0. The molecule has 32 heavy (non-hydrogen) atoms. The van der Waals surface area contributed by atoms with Crippen LogP contribution in [0.15, 0.2) is 29.3 Å². The highest BCUT2D eigenvalue weighted by atomic mass is 16.5. The highest BCUT2D eigenvalue weighted by molar-refractivity contribution is 5.80. The Bertz CT molecular complexity index is 684. The Hall–Kier alpha value is -1.83. The molecule has 0 bridgehead atoms. The highest BCUT2D eigenvalue weighted by Gasteiger charge is 2.23. The molecule has 0 amide bonds. The molecular weight excluding hydrogens is 404 g/mol. The van der Waals surface area contributed by atoms with Crippen molar-refractivity contribution < 1.29 is 14.2 Å². The summed E-state index contributed by atoms with van der Waals surface area (Å²) in [7, 11) is 4.11. The minimum absolute atomic E-state index is 0.292. The number of benzene rings is 1. The minimum atomic E-state index is 0.292. The number of hydrogen-bond acceptors (Lipinski definition) is 5. The number of para-hydroxylation sites is 1. The van der Waals surface area contributed by atoms with Gasteiger partial charge in [-0.05, 0) is 59.2 Å². The number of nitrogens with one attached hydrogen (secondary N) is 1. The lowest BCUT2D eigenvalue weighted by Gasteiger charge is -2.35. The van der Waals surface area contributed by atoms with Gasteiger partial charge < -0.3 is 29.3 Å². The molecule has 2 heterocycles. The first kappa shape index (κ1) is 24.8. The van der Waals surface area contributed by atoms with Gasteiger partial charge in [-0.25, -0.2) is 4.99 Å². The number of likely N-dealkylation sites (N-methyl/N-ethyl adjacent to an activating group) is 1. The van der Waals surface area contributed by atoms with Crippen LogP contribution in [0.4, 0.5) is 0 Å². The molecule has 1 atom stereocenters. The van der Waals surface area contributed by atoms with E-state index in [4.69, 9.17) is 19.2 Å². The van der Waals surface area contributed by atoms with Crippen LogP contribution in [0.25, 0.3) is 0 Å². The van der Waals surface area contributed by atoms with E-state index in [1.54, 1.807) is 0 Å². The molecule has 180 valence electrons. The van der Waals surface area contributed by atoms with Gasteiger partial charge in [-0.2, -0.15) is 0 Å². The standard InChI is InChI=1S/C25H42N4O3/c1-4-26-25(27-19-21-9-5-6-11-24(21)31-18-16-28(2)3)29-14-12-22(13-15-29)32-20-23-10-7-8-17-30-23/h5-6,9,11,22-23H,4,7-8,10,12-20H2,1-3H3,(H,26,27). The van der Waals surface area contributed by atoms with E-state index in [1.165, 1.54) is 12.8 Å².